The van der Waals surface area contributed by atoms with Crippen LogP contribution in [0.15, 0.2) is 24.3 Å². The molecule has 2 nitrogen and oxygen atoms in total. The van der Waals surface area contributed by atoms with Gasteiger partial charge in [-0.1, -0.05) is 62.6 Å². The molecule has 1 aromatic carbocycles. The zero-order valence-corrected chi connectivity index (χ0v) is 14.9. The number of nitrogens with zero attached hydrogens (tertiary/aromatic N) is 1. The van der Waals surface area contributed by atoms with Crippen LogP contribution >= 0.6 is 0 Å². The second-order valence-corrected chi connectivity index (χ2v) is 5.82. The van der Waals surface area contributed by atoms with Crippen LogP contribution in [0.2, 0.25) is 0 Å². The Morgan fingerprint density at radius 3 is 2.46 bits per heavy atom. The molecule has 0 unspecified atom stereocenters. The summed E-state index contributed by atoms with van der Waals surface area (Å²) in [6, 6.07) is 8.08. The van der Waals surface area contributed by atoms with E-state index >= 15 is 0 Å². The number of aromatic nitrogens is 1. The van der Waals surface area contributed by atoms with E-state index in [1.54, 1.807) is 0 Å². The van der Waals surface area contributed by atoms with Crippen LogP contribution in [0.3, 0.4) is 0 Å². The molecule has 0 spiro atoms. The van der Waals surface area contributed by atoms with Crippen LogP contribution in [-0.2, 0) is 0 Å². The molecule has 2 heteroatoms. The van der Waals surface area contributed by atoms with Crippen molar-refractivity contribution in [3.63, 3.8) is 0 Å². The van der Waals surface area contributed by atoms with Crippen molar-refractivity contribution in [3.8, 4) is 29.7 Å². The first-order chi connectivity index (χ1) is 11.8. The fourth-order valence-corrected chi connectivity index (χ4v) is 2.39. The zero-order valence-electron chi connectivity index (χ0n) is 14.9. The van der Waals surface area contributed by atoms with Crippen molar-refractivity contribution in [2.45, 2.75) is 59.3 Å². The predicted octanol–water partition coefficient (Wildman–Crippen LogP) is 5.61. The molecule has 2 rings (SSSR count). The number of hydrogen-bond donors (Lipinski definition) is 0. The molecule has 0 saturated carbocycles. The van der Waals surface area contributed by atoms with Gasteiger partial charge in [-0.05, 0) is 31.4 Å². The molecule has 0 bridgehead atoms. The molecule has 0 N–H and O–H groups in total. The average Bonchev–Trinajstić information content (AvgIpc) is 2.60. The van der Waals surface area contributed by atoms with E-state index in [-0.39, 0.29) is 0 Å². The molecule has 0 radical (unpaired) electrons. The van der Waals surface area contributed by atoms with Gasteiger partial charge in [0.2, 0.25) is 5.88 Å². The largest absolute Gasteiger partial charge is 0.386 e. The molecular formula is C22H25NO. The Morgan fingerprint density at radius 2 is 1.71 bits per heavy atom. The smallest absolute Gasteiger partial charge is 0.247 e. The molecule has 0 amide bonds. The fourth-order valence-electron chi connectivity index (χ4n) is 2.39. The Kier molecular flexibility index (Phi) is 7.19. The molecule has 0 aliphatic carbocycles. The van der Waals surface area contributed by atoms with Gasteiger partial charge in [0.05, 0.1) is 11.1 Å². The Labute approximate surface area is 145 Å². The summed E-state index contributed by atoms with van der Waals surface area (Å²) in [5, 5.41) is 1.11. The third-order valence-corrected chi connectivity index (χ3v) is 3.86. The van der Waals surface area contributed by atoms with Crippen molar-refractivity contribution in [2.75, 3.05) is 0 Å². The summed E-state index contributed by atoms with van der Waals surface area (Å²) in [5.41, 5.74) is 2.88. The van der Waals surface area contributed by atoms with Crippen LogP contribution in [0.4, 0.5) is 0 Å². The van der Waals surface area contributed by atoms with Crippen molar-refractivity contribution in [2.24, 2.45) is 0 Å². The summed E-state index contributed by atoms with van der Waals surface area (Å²) in [6.07, 6.45) is 9.01. The third-order valence-electron chi connectivity index (χ3n) is 3.86. The van der Waals surface area contributed by atoms with E-state index in [1.807, 2.05) is 18.2 Å². The van der Waals surface area contributed by atoms with E-state index < -0.39 is 0 Å². The minimum Gasteiger partial charge on any atom is -0.386 e. The third kappa shape index (κ3) is 4.77. The molecule has 0 aliphatic heterocycles. The molecule has 1 aromatic heterocycles. The summed E-state index contributed by atoms with van der Waals surface area (Å²) in [6.45, 7) is 6.40. The van der Waals surface area contributed by atoms with Crippen molar-refractivity contribution in [3.05, 3.63) is 35.4 Å². The number of fused-ring (bicyclic) bond motifs is 1. The lowest BCUT2D eigenvalue weighted by atomic mass is 10.0. The van der Waals surface area contributed by atoms with E-state index in [0.29, 0.717) is 5.88 Å². The van der Waals surface area contributed by atoms with Crippen molar-refractivity contribution >= 4 is 10.9 Å². The highest BCUT2D eigenvalue weighted by molar-refractivity contribution is 5.85. The number of aryl methyl sites for hydroxylation is 1. The van der Waals surface area contributed by atoms with Gasteiger partial charge in [-0.25, -0.2) is 4.98 Å². The Balaban J connectivity index is 2.37. The minimum absolute atomic E-state index is 0.527. The van der Waals surface area contributed by atoms with Crippen molar-refractivity contribution < 1.29 is 4.74 Å². The molecule has 1 heterocycles. The maximum absolute atomic E-state index is 5.65. The molecule has 0 aliphatic rings. The molecule has 2 aromatic rings. The first-order valence-electron chi connectivity index (χ1n) is 8.80. The van der Waals surface area contributed by atoms with Crippen LogP contribution in [-0.4, -0.2) is 4.98 Å². The monoisotopic (exact) mass is 319 g/mol. The van der Waals surface area contributed by atoms with E-state index in [0.717, 1.165) is 60.6 Å². The first-order valence-corrected chi connectivity index (χ1v) is 8.80. The van der Waals surface area contributed by atoms with Crippen LogP contribution in [0.5, 0.6) is 5.88 Å². The highest BCUT2D eigenvalue weighted by atomic mass is 16.5. The molecular weight excluding hydrogens is 294 g/mol. The van der Waals surface area contributed by atoms with E-state index in [2.05, 4.69) is 55.7 Å². The summed E-state index contributed by atoms with van der Waals surface area (Å²) < 4.78 is 5.65. The molecule has 124 valence electrons. The van der Waals surface area contributed by atoms with Crippen LogP contribution in [0.25, 0.3) is 10.9 Å². The SMILES string of the molecule is CCCCC#COc1nc2ccccc2c(C)c1C#CCCCC. The standard InChI is InChI=1S/C22H25NO/c1-4-6-8-10-15-20-18(3)19-14-11-12-16-21(19)23-22(20)24-17-13-9-7-5-2/h11-12,14,16H,4-9H2,1-3H3. The van der Waals surface area contributed by atoms with Gasteiger partial charge in [0.25, 0.3) is 0 Å². The summed E-state index contributed by atoms with van der Waals surface area (Å²) in [5.74, 6) is 10.1. The second kappa shape index (κ2) is 9.64. The minimum atomic E-state index is 0.527. The highest BCUT2D eigenvalue weighted by Crippen LogP contribution is 2.26. The second-order valence-electron chi connectivity index (χ2n) is 5.82. The molecule has 0 fully saturated rings. The van der Waals surface area contributed by atoms with E-state index in [9.17, 15) is 0 Å². The molecule has 24 heavy (non-hydrogen) atoms. The van der Waals surface area contributed by atoms with Crippen LogP contribution in [0.1, 0.15) is 63.5 Å². The maximum atomic E-state index is 5.65. The Bertz CT molecular complexity index is 800. The molecule has 0 atom stereocenters. The number of para-hydroxylation sites is 1. The molecule has 0 saturated heterocycles. The fraction of sp³-hybridized carbons (Fsp3) is 0.409. The van der Waals surface area contributed by atoms with E-state index in [1.165, 1.54) is 0 Å². The maximum Gasteiger partial charge on any atom is 0.247 e. The van der Waals surface area contributed by atoms with Gasteiger partial charge in [0, 0.05) is 18.2 Å². The number of hydrogen-bond acceptors (Lipinski definition) is 2. The Morgan fingerprint density at radius 1 is 1.00 bits per heavy atom. The quantitative estimate of drug-likeness (QED) is 0.527. The number of unbranched alkanes of at least 4 members (excludes halogenated alkanes) is 4. The summed E-state index contributed by atoms with van der Waals surface area (Å²) in [7, 11) is 0. The van der Waals surface area contributed by atoms with Gasteiger partial charge in [-0.15, -0.1) is 0 Å². The summed E-state index contributed by atoms with van der Waals surface area (Å²) >= 11 is 0. The zero-order chi connectivity index (χ0) is 17.2. The van der Waals surface area contributed by atoms with Gasteiger partial charge in [-0.2, -0.15) is 0 Å². The van der Waals surface area contributed by atoms with Gasteiger partial charge in [0.15, 0.2) is 0 Å². The first kappa shape index (κ1) is 17.9. The number of pyridine rings is 1. The van der Waals surface area contributed by atoms with Crippen molar-refractivity contribution in [1.82, 2.24) is 4.98 Å². The topological polar surface area (TPSA) is 22.1 Å². The number of rotatable bonds is 5. The van der Waals surface area contributed by atoms with E-state index in [4.69, 9.17) is 4.74 Å². The van der Waals surface area contributed by atoms with Gasteiger partial charge in [0.1, 0.15) is 6.11 Å². The normalized spacial score (nSPS) is 9.79. The number of ether oxygens (including phenoxy) is 1. The lowest BCUT2D eigenvalue weighted by molar-refractivity contribution is 0.497. The van der Waals surface area contributed by atoms with Gasteiger partial charge < -0.3 is 4.74 Å². The highest BCUT2D eigenvalue weighted by Gasteiger charge is 2.11. The predicted molar refractivity (Wildman–Crippen MR) is 101 cm³/mol. The summed E-state index contributed by atoms with van der Waals surface area (Å²) in [4.78, 5) is 4.63. The lowest BCUT2D eigenvalue weighted by Crippen LogP contribution is -1.97. The lowest BCUT2D eigenvalue weighted by Gasteiger charge is -2.08. The number of benzene rings is 1. The van der Waals surface area contributed by atoms with Gasteiger partial charge >= 0.3 is 0 Å². The van der Waals surface area contributed by atoms with Crippen LogP contribution in [0, 0.1) is 30.8 Å². The van der Waals surface area contributed by atoms with Crippen LogP contribution < -0.4 is 4.74 Å². The average molecular weight is 319 g/mol. The Hall–Kier alpha value is -2.45. The van der Waals surface area contributed by atoms with Crippen molar-refractivity contribution in [1.29, 1.82) is 0 Å². The van der Waals surface area contributed by atoms with Gasteiger partial charge in [-0.3, -0.25) is 0 Å².